The van der Waals surface area contributed by atoms with E-state index in [-0.39, 0.29) is 0 Å². The number of benzene rings is 1. The fraction of sp³-hybridized carbons (Fsp3) is 0.455. The summed E-state index contributed by atoms with van der Waals surface area (Å²) in [4.78, 5) is 2.54. The van der Waals surface area contributed by atoms with Crippen LogP contribution in [0.25, 0.3) is 0 Å². The maximum Gasteiger partial charge on any atom is 0.0723 e. The number of anilines is 2. The monoisotopic (exact) mass is 252 g/mol. The van der Waals surface area contributed by atoms with Gasteiger partial charge in [-0.3, -0.25) is 0 Å². The first-order valence-electron chi connectivity index (χ1n) is 5.15. The molecule has 2 aliphatic rings. The molecule has 0 spiro atoms. The van der Waals surface area contributed by atoms with E-state index in [9.17, 15) is 0 Å². The molecule has 0 bridgehead atoms. The molecule has 74 valence electrons. The Morgan fingerprint density at radius 1 is 1.36 bits per heavy atom. The van der Waals surface area contributed by atoms with E-state index >= 15 is 0 Å². The Kier molecular flexibility index (Phi) is 1.94. The van der Waals surface area contributed by atoms with Crippen molar-refractivity contribution < 1.29 is 0 Å². The van der Waals surface area contributed by atoms with Gasteiger partial charge in [0.25, 0.3) is 0 Å². The van der Waals surface area contributed by atoms with Crippen molar-refractivity contribution in [1.29, 1.82) is 0 Å². The third kappa shape index (κ3) is 1.31. The minimum absolute atomic E-state index is 0.810. The second-order valence-electron chi connectivity index (χ2n) is 3.99. The second-order valence-corrected chi connectivity index (χ2v) is 4.84. The molecule has 3 rings (SSSR count). The van der Waals surface area contributed by atoms with Gasteiger partial charge in [-0.15, -0.1) is 0 Å². The molecule has 1 fully saturated rings. The highest BCUT2D eigenvalue weighted by Crippen LogP contribution is 2.40. The van der Waals surface area contributed by atoms with Crippen LogP contribution in [0.1, 0.15) is 12.8 Å². The molecule has 3 heteroatoms. The summed E-state index contributed by atoms with van der Waals surface area (Å²) in [5.41, 5.74) is 2.64. The lowest BCUT2D eigenvalue weighted by Gasteiger charge is -2.32. The maximum absolute atomic E-state index is 3.59. The molecule has 0 aromatic heterocycles. The van der Waals surface area contributed by atoms with Gasteiger partial charge in [-0.1, -0.05) is 6.07 Å². The Morgan fingerprint density at radius 3 is 3.00 bits per heavy atom. The van der Waals surface area contributed by atoms with E-state index in [0.29, 0.717) is 0 Å². The average Bonchev–Trinajstić information content (AvgIpc) is 3.01. The highest BCUT2D eigenvalue weighted by molar-refractivity contribution is 9.10. The quantitative estimate of drug-likeness (QED) is 0.827. The maximum atomic E-state index is 3.59. The first-order chi connectivity index (χ1) is 6.86. The van der Waals surface area contributed by atoms with Crippen LogP contribution in [-0.4, -0.2) is 19.1 Å². The van der Waals surface area contributed by atoms with Crippen LogP contribution < -0.4 is 10.2 Å². The molecule has 1 heterocycles. The van der Waals surface area contributed by atoms with E-state index in [1.165, 1.54) is 28.7 Å². The molecule has 0 atom stereocenters. The molecule has 14 heavy (non-hydrogen) atoms. The molecule has 0 amide bonds. The smallest absolute Gasteiger partial charge is 0.0723 e. The minimum Gasteiger partial charge on any atom is -0.381 e. The van der Waals surface area contributed by atoms with Crippen LogP contribution in [0.5, 0.6) is 0 Å². The Bertz CT molecular complexity index is 360. The van der Waals surface area contributed by atoms with Crippen LogP contribution in [0.15, 0.2) is 22.7 Å². The summed E-state index contributed by atoms with van der Waals surface area (Å²) in [5.74, 6) is 0. The number of nitrogens with zero attached hydrogens (tertiary/aromatic N) is 1. The largest absolute Gasteiger partial charge is 0.381 e. The molecular formula is C11H13BrN2. The molecule has 2 nitrogen and oxygen atoms in total. The van der Waals surface area contributed by atoms with Crippen LogP contribution in [0.2, 0.25) is 0 Å². The molecule has 0 radical (unpaired) electrons. The lowest BCUT2D eigenvalue weighted by molar-refractivity contribution is 0.782. The van der Waals surface area contributed by atoms with Gasteiger partial charge in [0.1, 0.15) is 0 Å². The van der Waals surface area contributed by atoms with E-state index in [1.807, 2.05) is 0 Å². The zero-order valence-corrected chi connectivity index (χ0v) is 9.55. The molecular weight excluding hydrogens is 240 g/mol. The first-order valence-corrected chi connectivity index (χ1v) is 5.94. The van der Waals surface area contributed by atoms with E-state index in [1.54, 1.807) is 0 Å². The van der Waals surface area contributed by atoms with Crippen molar-refractivity contribution in [3.63, 3.8) is 0 Å². The summed E-state index contributed by atoms with van der Waals surface area (Å²) >= 11 is 3.59. The Hall–Kier alpha value is -0.700. The topological polar surface area (TPSA) is 15.3 Å². The van der Waals surface area contributed by atoms with Gasteiger partial charge in [-0.05, 0) is 40.9 Å². The summed E-state index contributed by atoms with van der Waals surface area (Å²) in [6, 6.07) is 7.24. The Balaban J connectivity index is 2.05. The third-order valence-corrected chi connectivity index (χ3v) is 3.60. The van der Waals surface area contributed by atoms with Gasteiger partial charge in [0.15, 0.2) is 0 Å². The Labute approximate surface area is 92.4 Å². The van der Waals surface area contributed by atoms with Crippen LogP contribution in [0.4, 0.5) is 11.4 Å². The van der Waals surface area contributed by atoms with Gasteiger partial charge >= 0.3 is 0 Å². The van der Waals surface area contributed by atoms with Gasteiger partial charge in [0, 0.05) is 23.6 Å². The van der Waals surface area contributed by atoms with Crippen LogP contribution in [-0.2, 0) is 0 Å². The average molecular weight is 253 g/mol. The highest BCUT2D eigenvalue weighted by Gasteiger charge is 2.32. The van der Waals surface area contributed by atoms with Crippen molar-refractivity contribution in [2.24, 2.45) is 0 Å². The predicted molar refractivity (Wildman–Crippen MR) is 63.0 cm³/mol. The van der Waals surface area contributed by atoms with Gasteiger partial charge in [-0.25, -0.2) is 0 Å². The first kappa shape index (κ1) is 8.60. The van der Waals surface area contributed by atoms with Crippen LogP contribution in [0.3, 0.4) is 0 Å². The van der Waals surface area contributed by atoms with Crippen molar-refractivity contribution in [2.45, 2.75) is 18.9 Å². The number of fused-ring (bicyclic) bond motifs is 1. The van der Waals surface area contributed by atoms with Crippen LogP contribution in [0, 0.1) is 0 Å². The molecule has 1 aromatic carbocycles. The second kappa shape index (κ2) is 3.16. The summed E-state index contributed by atoms with van der Waals surface area (Å²) in [6.07, 6.45) is 2.73. The number of hydrogen-bond donors (Lipinski definition) is 1. The minimum atomic E-state index is 0.810. The number of rotatable bonds is 1. The van der Waals surface area contributed by atoms with E-state index in [2.05, 4.69) is 44.3 Å². The van der Waals surface area contributed by atoms with Crippen molar-refractivity contribution in [2.75, 3.05) is 23.3 Å². The molecule has 1 saturated carbocycles. The van der Waals surface area contributed by atoms with Crippen LogP contribution >= 0.6 is 15.9 Å². The molecule has 1 aromatic rings. The van der Waals surface area contributed by atoms with Gasteiger partial charge in [-0.2, -0.15) is 0 Å². The summed E-state index contributed by atoms with van der Waals surface area (Å²) in [5, 5.41) is 3.45. The fourth-order valence-corrected chi connectivity index (χ4v) is 2.61. The van der Waals surface area contributed by atoms with E-state index < -0.39 is 0 Å². The number of nitrogens with one attached hydrogen (secondary N) is 1. The van der Waals surface area contributed by atoms with Crippen molar-refractivity contribution in [3.05, 3.63) is 22.7 Å². The number of halogens is 1. The highest BCUT2D eigenvalue weighted by atomic mass is 79.9. The SMILES string of the molecule is Brc1cccc2c1NCCN2C1CC1. The van der Waals surface area contributed by atoms with E-state index in [4.69, 9.17) is 0 Å². The standard InChI is InChI=1S/C11H13BrN2/c12-9-2-1-3-10-11(9)13-6-7-14(10)8-4-5-8/h1-3,8,13H,4-7H2. The summed E-state index contributed by atoms with van der Waals surface area (Å²) in [6.45, 7) is 2.21. The summed E-state index contributed by atoms with van der Waals surface area (Å²) < 4.78 is 1.18. The van der Waals surface area contributed by atoms with Crippen molar-refractivity contribution >= 4 is 27.3 Å². The van der Waals surface area contributed by atoms with Crippen molar-refractivity contribution in [1.82, 2.24) is 0 Å². The van der Waals surface area contributed by atoms with Crippen molar-refractivity contribution in [3.8, 4) is 0 Å². The normalized spacial score (nSPS) is 20.2. The van der Waals surface area contributed by atoms with Gasteiger partial charge in [0.2, 0.25) is 0 Å². The van der Waals surface area contributed by atoms with E-state index in [0.717, 1.165) is 19.1 Å². The number of hydrogen-bond acceptors (Lipinski definition) is 2. The summed E-state index contributed by atoms with van der Waals surface area (Å²) in [7, 11) is 0. The fourth-order valence-electron chi connectivity index (χ4n) is 2.11. The zero-order chi connectivity index (χ0) is 9.54. The molecule has 0 unspecified atom stereocenters. The molecule has 0 saturated heterocycles. The third-order valence-electron chi connectivity index (χ3n) is 2.94. The number of para-hydroxylation sites is 1. The molecule has 1 aliphatic carbocycles. The Morgan fingerprint density at radius 2 is 2.21 bits per heavy atom. The lowest BCUT2D eigenvalue weighted by atomic mass is 10.2. The lowest BCUT2D eigenvalue weighted by Crippen LogP contribution is -2.35. The van der Waals surface area contributed by atoms with Gasteiger partial charge < -0.3 is 10.2 Å². The zero-order valence-electron chi connectivity index (χ0n) is 7.96. The molecule has 1 N–H and O–H groups in total. The predicted octanol–water partition coefficient (Wildman–Crippen LogP) is 2.84. The van der Waals surface area contributed by atoms with Gasteiger partial charge in [0.05, 0.1) is 11.4 Å². The molecule has 1 aliphatic heterocycles.